The third-order valence-corrected chi connectivity index (χ3v) is 3.43. The van der Waals surface area contributed by atoms with E-state index in [-0.39, 0.29) is 0 Å². The topological polar surface area (TPSA) is 25.8 Å². The summed E-state index contributed by atoms with van der Waals surface area (Å²) >= 11 is 5.11. The van der Waals surface area contributed by atoms with Crippen LogP contribution in [0.15, 0.2) is 0 Å². The summed E-state index contributed by atoms with van der Waals surface area (Å²) in [6, 6.07) is 0. The number of hydrogen-bond acceptors (Lipinski definition) is 3. The molecule has 0 N–H and O–H groups in total. The van der Waals surface area contributed by atoms with Gasteiger partial charge in [-0.15, -0.1) is 0 Å². The Morgan fingerprint density at radius 2 is 2.25 bits per heavy atom. The molecule has 0 amide bonds. The van der Waals surface area contributed by atoms with Crippen molar-refractivity contribution < 1.29 is 0 Å². The van der Waals surface area contributed by atoms with Crippen molar-refractivity contribution in [2.75, 3.05) is 0 Å². The normalized spacial score (nSPS) is 16.0. The molecule has 1 rings (SSSR count). The molecule has 2 nitrogen and oxygen atoms in total. The predicted molar refractivity (Wildman–Crippen MR) is 56.1 cm³/mol. The number of nitrogens with zero attached hydrogens (tertiary/aromatic N) is 2. The van der Waals surface area contributed by atoms with Crippen molar-refractivity contribution in [3.8, 4) is 0 Å². The van der Waals surface area contributed by atoms with Gasteiger partial charge in [0.15, 0.2) is 0 Å². The molecule has 2 atom stereocenters. The van der Waals surface area contributed by atoms with E-state index < -0.39 is 0 Å². The minimum atomic E-state index is 0.481. The Morgan fingerprint density at radius 1 is 1.58 bits per heavy atom. The first-order chi connectivity index (χ1) is 5.65. The molecule has 0 saturated heterocycles. The highest BCUT2D eigenvalue weighted by Crippen LogP contribution is 2.28. The molecule has 0 fully saturated rings. The fourth-order valence-corrected chi connectivity index (χ4v) is 2.90. The summed E-state index contributed by atoms with van der Waals surface area (Å²) in [4.78, 5) is 4.86. The first-order valence-corrected chi connectivity index (χ1v) is 5.78. The molecule has 0 radical (unpaired) electrons. The van der Waals surface area contributed by atoms with E-state index in [0.29, 0.717) is 10.7 Å². The zero-order valence-corrected chi connectivity index (χ0v) is 9.94. The summed E-state index contributed by atoms with van der Waals surface area (Å²) < 4.78 is 4.18. The standard InChI is InChI=1S/C8H13BrN2S/c1-4-7(5(2)9)8-10-6(3)11-12-8/h5,7H,4H2,1-3H3. The molecule has 0 bridgehead atoms. The molecule has 0 spiro atoms. The van der Waals surface area contributed by atoms with Crippen molar-refractivity contribution in [2.24, 2.45) is 0 Å². The minimum Gasteiger partial charge on any atom is -0.225 e. The molecule has 0 aliphatic rings. The molecule has 0 aliphatic carbocycles. The van der Waals surface area contributed by atoms with Crippen LogP contribution in [0.5, 0.6) is 0 Å². The molecule has 0 aromatic carbocycles. The molecule has 1 aromatic heterocycles. The van der Waals surface area contributed by atoms with Gasteiger partial charge >= 0.3 is 0 Å². The summed E-state index contributed by atoms with van der Waals surface area (Å²) in [5, 5.41) is 1.15. The number of alkyl halides is 1. The van der Waals surface area contributed by atoms with Crippen molar-refractivity contribution in [2.45, 2.75) is 37.9 Å². The molecular formula is C8H13BrN2S. The van der Waals surface area contributed by atoms with E-state index in [1.807, 2.05) is 6.92 Å². The van der Waals surface area contributed by atoms with Crippen molar-refractivity contribution in [3.63, 3.8) is 0 Å². The second-order valence-corrected chi connectivity index (χ2v) is 5.10. The van der Waals surface area contributed by atoms with Crippen LogP contribution in [0.4, 0.5) is 0 Å². The van der Waals surface area contributed by atoms with E-state index in [2.05, 4.69) is 39.1 Å². The quantitative estimate of drug-likeness (QED) is 0.769. The number of rotatable bonds is 3. The van der Waals surface area contributed by atoms with Gasteiger partial charge < -0.3 is 0 Å². The summed E-state index contributed by atoms with van der Waals surface area (Å²) in [6.45, 7) is 6.27. The van der Waals surface area contributed by atoms with E-state index in [1.165, 1.54) is 11.5 Å². The summed E-state index contributed by atoms with van der Waals surface area (Å²) in [7, 11) is 0. The van der Waals surface area contributed by atoms with Crippen LogP contribution >= 0.6 is 27.5 Å². The van der Waals surface area contributed by atoms with E-state index in [1.54, 1.807) is 0 Å². The Kier molecular flexibility index (Phi) is 3.65. The average molecular weight is 249 g/mol. The molecule has 0 saturated carbocycles. The lowest BCUT2D eigenvalue weighted by Gasteiger charge is -2.13. The second-order valence-electron chi connectivity index (χ2n) is 2.87. The Morgan fingerprint density at radius 3 is 2.58 bits per heavy atom. The maximum absolute atomic E-state index is 4.38. The minimum absolute atomic E-state index is 0.481. The molecule has 12 heavy (non-hydrogen) atoms. The van der Waals surface area contributed by atoms with Crippen LogP contribution in [0, 0.1) is 6.92 Å². The average Bonchev–Trinajstić information content (AvgIpc) is 2.37. The van der Waals surface area contributed by atoms with Crippen molar-refractivity contribution >= 4 is 27.5 Å². The second kappa shape index (κ2) is 4.33. The lowest BCUT2D eigenvalue weighted by Crippen LogP contribution is -2.07. The van der Waals surface area contributed by atoms with Gasteiger partial charge in [0, 0.05) is 10.7 Å². The lowest BCUT2D eigenvalue weighted by atomic mass is 10.1. The molecule has 4 heteroatoms. The van der Waals surface area contributed by atoms with Crippen molar-refractivity contribution in [3.05, 3.63) is 10.8 Å². The Hall–Kier alpha value is 0.0400. The predicted octanol–water partition coefficient (Wildman–Crippen LogP) is 3.12. The van der Waals surface area contributed by atoms with Gasteiger partial charge in [-0.25, -0.2) is 4.98 Å². The van der Waals surface area contributed by atoms with Crippen LogP contribution in [0.25, 0.3) is 0 Å². The van der Waals surface area contributed by atoms with Crippen LogP contribution < -0.4 is 0 Å². The van der Waals surface area contributed by atoms with Gasteiger partial charge in [0.1, 0.15) is 10.8 Å². The molecule has 1 aromatic rings. The van der Waals surface area contributed by atoms with Crippen LogP contribution in [-0.2, 0) is 0 Å². The van der Waals surface area contributed by atoms with E-state index in [9.17, 15) is 0 Å². The largest absolute Gasteiger partial charge is 0.225 e. The zero-order chi connectivity index (χ0) is 9.14. The molecular weight excluding hydrogens is 236 g/mol. The number of hydrogen-bond donors (Lipinski definition) is 0. The SMILES string of the molecule is CCC(c1nc(C)ns1)C(C)Br. The lowest BCUT2D eigenvalue weighted by molar-refractivity contribution is 0.657. The van der Waals surface area contributed by atoms with Crippen molar-refractivity contribution in [1.29, 1.82) is 0 Å². The first kappa shape index (κ1) is 10.1. The van der Waals surface area contributed by atoms with Crippen LogP contribution in [0.2, 0.25) is 0 Å². The van der Waals surface area contributed by atoms with Gasteiger partial charge in [-0.05, 0) is 24.9 Å². The van der Waals surface area contributed by atoms with Gasteiger partial charge in [0.25, 0.3) is 0 Å². The van der Waals surface area contributed by atoms with Crippen LogP contribution in [-0.4, -0.2) is 14.2 Å². The number of halogens is 1. The molecule has 68 valence electrons. The zero-order valence-electron chi connectivity index (χ0n) is 7.54. The van der Waals surface area contributed by atoms with Crippen LogP contribution in [0.1, 0.15) is 37.0 Å². The third kappa shape index (κ3) is 2.26. The van der Waals surface area contributed by atoms with E-state index >= 15 is 0 Å². The molecule has 2 unspecified atom stereocenters. The number of aromatic nitrogens is 2. The summed E-state index contributed by atoms with van der Waals surface area (Å²) in [5.74, 6) is 1.40. The Labute approximate surface area is 85.7 Å². The monoisotopic (exact) mass is 248 g/mol. The molecule has 0 aliphatic heterocycles. The highest BCUT2D eigenvalue weighted by Gasteiger charge is 2.18. The summed E-state index contributed by atoms with van der Waals surface area (Å²) in [5.41, 5.74) is 0. The summed E-state index contributed by atoms with van der Waals surface area (Å²) in [6.07, 6.45) is 1.11. The van der Waals surface area contributed by atoms with Gasteiger partial charge in [-0.2, -0.15) is 4.37 Å². The fraction of sp³-hybridized carbons (Fsp3) is 0.750. The van der Waals surface area contributed by atoms with Crippen LogP contribution in [0.3, 0.4) is 0 Å². The van der Waals surface area contributed by atoms with Gasteiger partial charge in [0.2, 0.25) is 0 Å². The first-order valence-electron chi connectivity index (χ1n) is 4.09. The number of aryl methyl sites for hydroxylation is 1. The smallest absolute Gasteiger partial charge is 0.139 e. The van der Waals surface area contributed by atoms with Gasteiger partial charge in [-0.1, -0.05) is 29.8 Å². The highest BCUT2D eigenvalue weighted by atomic mass is 79.9. The van der Waals surface area contributed by atoms with Crippen molar-refractivity contribution in [1.82, 2.24) is 9.36 Å². The maximum atomic E-state index is 4.38. The fourth-order valence-electron chi connectivity index (χ4n) is 1.16. The third-order valence-electron chi connectivity index (χ3n) is 1.85. The maximum Gasteiger partial charge on any atom is 0.139 e. The highest BCUT2D eigenvalue weighted by molar-refractivity contribution is 9.09. The Bertz CT molecular complexity index is 247. The Balaban J connectivity index is 2.80. The molecule has 1 heterocycles. The van der Waals surface area contributed by atoms with Gasteiger partial charge in [-0.3, -0.25) is 0 Å². The van der Waals surface area contributed by atoms with E-state index in [4.69, 9.17) is 0 Å². The van der Waals surface area contributed by atoms with E-state index in [0.717, 1.165) is 17.3 Å². The van der Waals surface area contributed by atoms with Gasteiger partial charge in [0.05, 0.1) is 0 Å².